The van der Waals surface area contributed by atoms with E-state index in [9.17, 15) is 5.26 Å². The molecular formula is C20H12ClN5. The molecule has 2 aromatic heterocycles. The van der Waals surface area contributed by atoms with Crippen LogP contribution in [0.5, 0.6) is 0 Å². The molecule has 5 nitrogen and oxygen atoms in total. The number of rotatable bonds is 2. The van der Waals surface area contributed by atoms with Crippen LogP contribution in [0.1, 0.15) is 5.69 Å². The minimum absolute atomic E-state index is 0.0914. The van der Waals surface area contributed by atoms with Crippen LogP contribution in [-0.2, 0) is 0 Å². The average Bonchev–Trinajstić information content (AvgIpc) is 2.67. The number of halogens is 1. The van der Waals surface area contributed by atoms with Gasteiger partial charge in [0.1, 0.15) is 6.07 Å². The molecule has 2 aromatic carbocycles. The number of hydrogen-bond acceptors (Lipinski definition) is 5. The highest BCUT2D eigenvalue weighted by Crippen LogP contribution is 2.33. The summed E-state index contributed by atoms with van der Waals surface area (Å²) in [5.41, 5.74) is 9.63. The molecule has 4 aromatic rings. The summed E-state index contributed by atoms with van der Waals surface area (Å²) in [4.78, 5) is 13.2. The number of nitrogens with zero attached hydrogens (tertiary/aromatic N) is 4. The molecule has 0 radical (unpaired) electrons. The summed E-state index contributed by atoms with van der Waals surface area (Å²) in [7, 11) is 0. The van der Waals surface area contributed by atoms with E-state index in [1.807, 2.05) is 48.5 Å². The first kappa shape index (κ1) is 16.0. The van der Waals surface area contributed by atoms with Crippen molar-refractivity contribution in [1.29, 1.82) is 5.26 Å². The summed E-state index contributed by atoms with van der Waals surface area (Å²) in [6.45, 7) is 0. The SMILES string of the molecule is N#Cc1nc(-c2ccc3ncccc3c2)c(-c2cccc(Cl)c2)nc1N. The maximum Gasteiger partial charge on any atom is 0.183 e. The number of hydrogen-bond donors (Lipinski definition) is 1. The fourth-order valence-electron chi connectivity index (χ4n) is 2.79. The molecule has 0 aliphatic heterocycles. The predicted octanol–water partition coefficient (Wildman–Crippen LogP) is 4.47. The maximum atomic E-state index is 9.30. The van der Waals surface area contributed by atoms with Gasteiger partial charge in [-0.05, 0) is 30.3 Å². The monoisotopic (exact) mass is 357 g/mol. The molecule has 6 heteroatoms. The number of pyridine rings is 1. The molecule has 2 N–H and O–H groups in total. The molecule has 124 valence electrons. The molecule has 0 saturated heterocycles. The summed E-state index contributed by atoms with van der Waals surface area (Å²) >= 11 is 6.13. The molecule has 0 fully saturated rings. The lowest BCUT2D eigenvalue weighted by molar-refractivity contribution is 1.18. The Morgan fingerprint density at radius 2 is 1.73 bits per heavy atom. The van der Waals surface area contributed by atoms with E-state index in [2.05, 4.69) is 15.0 Å². The Labute approximate surface area is 154 Å². The number of nitrogens with two attached hydrogens (primary N) is 1. The zero-order chi connectivity index (χ0) is 18.1. The molecular weight excluding hydrogens is 346 g/mol. The van der Waals surface area contributed by atoms with Gasteiger partial charge in [-0.15, -0.1) is 0 Å². The van der Waals surface area contributed by atoms with E-state index in [1.54, 1.807) is 18.3 Å². The fraction of sp³-hybridized carbons (Fsp3) is 0. The van der Waals surface area contributed by atoms with Crippen LogP contribution in [0.15, 0.2) is 60.8 Å². The lowest BCUT2D eigenvalue weighted by atomic mass is 10.0. The predicted molar refractivity (Wildman–Crippen MR) is 102 cm³/mol. The summed E-state index contributed by atoms with van der Waals surface area (Å²) < 4.78 is 0. The zero-order valence-corrected chi connectivity index (χ0v) is 14.3. The minimum Gasteiger partial charge on any atom is -0.381 e. The molecule has 4 rings (SSSR count). The minimum atomic E-state index is 0.0914. The molecule has 0 spiro atoms. The van der Waals surface area contributed by atoms with E-state index in [1.165, 1.54) is 0 Å². The van der Waals surface area contributed by atoms with E-state index in [-0.39, 0.29) is 11.5 Å². The van der Waals surface area contributed by atoms with E-state index in [0.29, 0.717) is 16.4 Å². The number of nitriles is 1. The molecule has 0 unspecified atom stereocenters. The Morgan fingerprint density at radius 1 is 0.923 bits per heavy atom. The first-order chi connectivity index (χ1) is 12.7. The Hall–Kier alpha value is -3.49. The molecule has 2 heterocycles. The highest BCUT2D eigenvalue weighted by atomic mass is 35.5. The average molecular weight is 358 g/mol. The number of nitrogen functional groups attached to an aromatic ring is 1. The van der Waals surface area contributed by atoms with E-state index >= 15 is 0 Å². The fourth-order valence-corrected chi connectivity index (χ4v) is 2.98. The first-order valence-electron chi connectivity index (χ1n) is 7.84. The van der Waals surface area contributed by atoms with Crippen molar-refractivity contribution >= 4 is 28.3 Å². The van der Waals surface area contributed by atoms with Crippen LogP contribution in [0.2, 0.25) is 5.02 Å². The van der Waals surface area contributed by atoms with Crippen LogP contribution in [-0.4, -0.2) is 15.0 Å². The molecule has 0 bridgehead atoms. The summed E-state index contributed by atoms with van der Waals surface area (Å²) in [6, 6.07) is 18.9. The second-order valence-electron chi connectivity index (χ2n) is 5.69. The molecule has 26 heavy (non-hydrogen) atoms. The standard InChI is InChI=1S/C20H12ClN5/c21-15-5-1-3-13(10-15)19-18(25-17(11-22)20(23)26-19)14-6-7-16-12(9-14)4-2-8-24-16/h1-10H,(H2,23,26). The largest absolute Gasteiger partial charge is 0.381 e. The van der Waals surface area contributed by atoms with Gasteiger partial charge in [0.05, 0.1) is 16.9 Å². The summed E-state index contributed by atoms with van der Waals surface area (Å²) in [6.07, 6.45) is 1.75. The van der Waals surface area contributed by atoms with Gasteiger partial charge < -0.3 is 5.73 Å². The molecule has 0 atom stereocenters. The van der Waals surface area contributed by atoms with Crippen molar-refractivity contribution < 1.29 is 0 Å². The third-order valence-electron chi connectivity index (χ3n) is 4.00. The van der Waals surface area contributed by atoms with Gasteiger partial charge in [-0.1, -0.05) is 35.9 Å². The van der Waals surface area contributed by atoms with Crippen LogP contribution in [0.3, 0.4) is 0 Å². The maximum absolute atomic E-state index is 9.30. The van der Waals surface area contributed by atoms with Crippen molar-refractivity contribution in [3.8, 4) is 28.6 Å². The van der Waals surface area contributed by atoms with E-state index in [4.69, 9.17) is 17.3 Å². The van der Waals surface area contributed by atoms with Gasteiger partial charge in [-0.25, -0.2) is 9.97 Å². The highest BCUT2D eigenvalue weighted by Gasteiger charge is 2.16. The molecule has 0 aliphatic rings. The Balaban J connectivity index is 2.00. The Morgan fingerprint density at radius 3 is 2.54 bits per heavy atom. The van der Waals surface area contributed by atoms with Gasteiger partial charge >= 0.3 is 0 Å². The quantitative estimate of drug-likeness (QED) is 0.572. The van der Waals surface area contributed by atoms with Gasteiger partial charge in [0.15, 0.2) is 11.5 Å². The smallest absolute Gasteiger partial charge is 0.183 e. The van der Waals surface area contributed by atoms with Crippen LogP contribution in [0, 0.1) is 11.3 Å². The molecule has 0 saturated carbocycles. The van der Waals surface area contributed by atoms with Gasteiger partial charge in [0.25, 0.3) is 0 Å². The van der Waals surface area contributed by atoms with Crippen molar-refractivity contribution in [2.75, 3.05) is 5.73 Å². The normalized spacial score (nSPS) is 10.6. The van der Waals surface area contributed by atoms with Crippen molar-refractivity contribution in [3.05, 3.63) is 71.5 Å². The Kier molecular flexibility index (Phi) is 3.96. The van der Waals surface area contributed by atoms with Crippen LogP contribution in [0.25, 0.3) is 33.4 Å². The second-order valence-corrected chi connectivity index (χ2v) is 6.12. The molecule has 0 amide bonds. The van der Waals surface area contributed by atoms with Crippen LogP contribution < -0.4 is 5.73 Å². The van der Waals surface area contributed by atoms with Gasteiger partial charge in [-0.3, -0.25) is 4.98 Å². The Bertz CT molecular complexity index is 1180. The first-order valence-corrected chi connectivity index (χ1v) is 8.22. The van der Waals surface area contributed by atoms with Crippen LogP contribution in [0.4, 0.5) is 5.82 Å². The van der Waals surface area contributed by atoms with Gasteiger partial charge in [-0.2, -0.15) is 5.26 Å². The third kappa shape index (κ3) is 2.83. The number of anilines is 1. The lowest BCUT2D eigenvalue weighted by Gasteiger charge is -2.11. The third-order valence-corrected chi connectivity index (χ3v) is 4.24. The van der Waals surface area contributed by atoms with Gasteiger partial charge in [0.2, 0.25) is 0 Å². The topological polar surface area (TPSA) is 88.5 Å². The molecule has 0 aliphatic carbocycles. The van der Waals surface area contributed by atoms with Gasteiger partial charge in [0, 0.05) is 27.7 Å². The van der Waals surface area contributed by atoms with Crippen molar-refractivity contribution in [1.82, 2.24) is 15.0 Å². The number of benzene rings is 2. The zero-order valence-electron chi connectivity index (χ0n) is 13.5. The number of fused-ring (bicyclic) bond motifs is 1. The number of aromatic nitrogens is 3. The van der Waals surface area contributed by atoms with E-state index in [0.717, 1.165) is 22.0 Å². The van der Waals surface area contributed by atoms with E-state index < -0.39 is 0 Å². The summed E-state index contributed by atoms with van der Waals surface area (Å²) in [5.74, 6) is 0.0914. The summed E-state index contributed by atoms with van der Waals surface area (Å²) in [5, 5.41) is 10.9. The van der Waals surface area contributed by atoms with Crippen molar-refractivity contribution in [3.63, 3.8) is 0 Å². The van der Waals surface area contributed by atoms with Crippen molar-refractivity contribution in [2.24, 2.45) is 0 Å². The van der Waals surface area contributed by atoms with Crippen molar-refractivity contribution in [2.45, 2.75) is 0 Å². The second kappa shape index (κ2) is 6.43. The van der Waals surface area contributed by atoms with Crippen LogP contribution >= 0.6 is 11.6 Å². The lowest BCUT2D eigenvalue weighted by Crippen LogP contribution is -2.03. The highest BCUT2D eigenvalue weighted by molar-refractivity contribution is 6.30.